The van der Waals surface area contributed by atoms with E-state index in [-0.39, 0.29) is 6.42 Å². The van der Waals surface area contributed by atoms with Crippen LogP contribution in [0, 0.1) is 0 Å². The molecular weight excluding hydrogens is 398 g/mol. The zero-order valence-electron chi connectivity index (χ0n) is 14.3. The van der Waals surface area contributed by atoms with E-state index >= 15 is 0 Å². The number of carbonyl (C=O) groups excluding carboxylic acids is 1. The first-order valence-electron chi connectivity index (χ1n) is 8.73. The molecule has 28 heavy (non-hydrogen) atoms. The highest BCUT2D eigenvalue weighted by atomic mass is 35.5. The van der Waals surface area contributed by atoms with Crippen molar-refractivity contribution < 1.29 is 22.4 Å². The number of aromatic amines is 1. The van der Waals surface area contributed by atoms with Crippen LogP contribution in [-0.4, -0.2) is 29.3 Å². The van der Waals surface area contributed by atoms with E-state index in [0.29, 0.717) is 38.1 Å². The summed E-state index contributed by atoms with van der Waals surface area (Å²) in [4.78, 5) is 16.1. The predicted molar refractivity (Wildman–Crippen MR) is 96.0 cm³/mol. The summed E-state index contributed by atoms with van der Waals surface area (Å²) in [6.07, 6.45) is -3.20. The van der Waals surface area contributed by atoms with E-state index < -0.39 is 36.3 Å². The van der Waals surface area contributed by atoms with E-state index in [1.54, 1.807) is 18.2 Å². The highest BCUT2D eigenvalue weighted by Gasteiger charge is 2.58. The minimum absolute atomic E-state index is 0.129. The minimum Gasteiger partial charge on any atom is -0.356 e. The van der Waals surface area contributed by atoms with Crippen LogP contribution >= 0.6 is 11.6 Å². The maximum Gasteiger partial charge on any atom is 0.404 e. The van der Waals surface area contributed by atoms with Crippen LogP contribution in [0.15, 0.2) is 18.2 Å². The number of H-pyrrole nitrogens is 1. The first-order valence-corrected chi connectivity index (χ1v) is 9.11. The van der Waals surface area contributed by atoms with Crippen molar-refractivity contribution >= 4 is 35.3 Å². The average molecular weight is 412 g/mol. The Balaban J connectivity index is 1.85. The topological polar surface area (TPSA) is 56.9 Å². The molecule has 0 saturated carbocycles. The number of amides is 1. The molecule has 5 rings (SSSR count). The number of rotatable bonds is 0. The number of nitrogens with one attached hydrogen (secondary N) is 3. The molecule has 3 N–H and O–H groups in total. The van der Waals surface area contributed by atoms with Gasteiger partial charge in [0.15, 0.2) is 5.54 Å². The fourth-order valence-electron chi connectivity index (χ4n) is 4.39. The van der Waals surface area contributed by atoms with Crippen molar-refractivity contribution in [2.75, 3.05) is 5.32 Å². The van der Waals surface area contributed by atoms with E-state index in [4.69, 9.17) is 11.6 Å². The Kier molecular flexibility index (Phi) is 3.56. The normalized spacial score (nSPS) is 28.1. The zero-order chi connectivity index (χ0) is 19.8. The third-order valence-electron chi connectivity index (χ3n) is 5.61. The number of anilines is 1. The summed E-state index contributed by atoms with van der Waals surface area (Å²) in [6.45, 7) is 0. The number of carbonyl (C=O) groups is 1. The molecule has 1 amide bonds. The highest BCUT2D eigenvalue weighted by Crippen LogP contribution is 2.46. The van der Waals surface area contributed by atoms with Crippen LogP contribution in [0.2, 0.25) is 5.02 Å². The summed E-state index contributed by atoms with van der Waals surface area (Å²) >= 11 is 6.09. The number of fused-ring (bicyclic) bond motifs is 6. The van der Waals surface area contributed by atoms with Crippen molar-refractivity contribution in [1.29, 1.82) is 0 Å². The molecule has 1 aliphatic carbocycles. The van der Waals surface area contributed by atoms with Crippen molar-refractivity contribution in [3.63, 3.8) is 0 Å². The number of halogens is 5. The van der Waals surface area contributed by atoms with Crippen LogP contribution in [-0.2, 0) is 16.8 Å². The average Bonchev–Trinajstić information content (AvgIpc) is 3.11. The fraction of sp³-hybridized carbons (Fsp3) is 0.316. The molecule has 1 aromatic carbocycles. The van der Waals surface area contributed by atoms with E-state index in [9.17, 15) is 22.4 Å². The molecule has 9 heteroatoms. The lowest BCUT2D eigenvalue weighted by molar-refractivity contribution is -0.163. The van der Waals surface area contributed by atoms with Gasteiger partial charge in [0.2, 0.25) is 0 Å². The lowest BCUT2D eigenvalue weighted by Crippen LogP contribution is -2.61. The van der Waals surface area contributed by atoms with Gasteiger partial charge in [-0.3, -0.25) is 10.1 Å². The number of alkyl halides is 4. The molecule has 2 aliphatic heterocycles. The van der Waals surface area contributed by atoms with Gasteiger partial charge in [0.05, 0.1) is 5.69 Å². The van der Waals surface area contributed by atoms with Gasteiger partial charge in [-0.15, -0.1) is 0 Å². The highest BCUT2D eigenvalue weighted by molar-refractivity contribution is 6.31. The van der Waals surface area contributed by atoms with Crippen LogP contribution < -0.4 is 21.2 Å². The van der Waals surface area contributed by atoms with Crippen molar-refractivity contribution in [3.05, 3.63) is 50.6 Å². The summed E-state index contributed by atoms with van der Waals surface area (Å²) in [5.41, 5.74) is -0.468. The smallest absolute Gasteiger partial charge is 0.356 e. The third kappa shape index (κ3) is 2.31. The summed E-state index contributed by atoms with van der Waals surface area (Å²) in [6, 6.07) is 2.63. The number of hydrogen-bond donors (Lipinski definition) is 3. The second-order valence-electron chi connectivity index (χ2n) is 7.27. The van der Waals surface area contributed by atoms with E-state index in [1.165, 1.54) is 12.1 Å². The molecule has 3 atom stereocenters. The lowest BCUT2D eigenvalue weighted by Gasteiger charge is -2.39. The quantitative estimate of drug-likeness (QED) is 0.582. The minimum atomic E-state index is -4.59. The van der Waals surface area contributed by atoms with E-state index in [0.717, 1.165) is 0 Å². The number of aromatic nitrogens is 1. The molecule has 0 bridgehead atoms. The summed E-state index contributed by atoms with van der Waals surface area (Å²) < 4.78 is 55.2. The molecule has 2 aromatic rings. The van der Waals surface area contributed by atoms with Crippen molar-refractivity contribution in [1.82, 2.24) is 10.3 Å². The summed E-state index contributed by atoms with van der Waals surface area (Å²) in [5.74, 6) is -0.629. The number of benzene rings is 1. The van der Waals surface area contributed by atoms with Gasteiger partial charge in [0, 0.05) is 33.3 Å². The van der Waals surface area contributed by atoms with Gasteiger partial charge in [0.1, 0.15) is 12.2 Å². The molecule has 0 fully saturated rings. The molecule has 1 aromatic heterocycles. The van der Waals surface area contributed by atoms with Crippen molar-refractivity contribution in [2.45, 2.75) is 36.8 Å². The summed E-state index contributed by atoms with van der Waals surface area (Å²) in [5, 5.41) is 6.40. The predicted octanol–water partition coefficient (Wildman–Crippen LogP) is 2.24. The Labute approximate surface area is 161 Å². The third-order valence-corrected chi connectivity index (χ3v) is 5.85. The fourth-order valence-corrected chi connectivity index (χ4v) is 4.56. The second-order valence-corrected chi connectivity index (χ2v) is 7.70. The standard InChI is InChI=1S/C19H14ClF4N3O/c20-8-1-3-14-12(5-8)18(17(28)26-14)16-11(7-15(27-18)19(22,23)24)10-6-9(21)2-4-13(10)25-16/h1,3-6,9,15,25,27H,2,7H2,(H,26,28)/t9?,15-,18-/m1/s1. The Morgan fingerprint density at radius 3 is 2.79 bits per heavy atom. The van der Waals surface area contributed by atoms with Gasteiger partial charge >= 0.3 is 6.18 Å². The van der Waals surface area contributed by atoms with Gasteiger partial charge < -0.3 is 10.3 Å². The monoisotopic (exact) mass is 411 g/mol. The molecule has 3 heterocycles. The zero-order valence-corrected chi connectivity index (χ0v) is 15.0. The second kappa shape index (κ2) is 5.61. The summed E-state index contributed by atoms with van der Waals surface area (Å²) in [7, 11) is 0. The Morgan fingerprint density at radius 1 is 1.25 bits per heavy atom. The Bertz CT molecular complexity index is 1140. The van der Waals surface area contributed by atoms with E-state index in [1.807, 2.05) is 0 Å². The molecular formula is C19H14ClF4N3O. The Hall–Kier alpha value is -2.32. The SMILES string of the molecule is O=C1Nc2ccc(Cl)cc2[C@]12N[C@@H](C(F)(F)F)Cc1c2[nH]c2c1=CC(F)CC=2. The molecule has 3 aliphatic rings. The molecule has 1 unspecified atom stereocenters. The van der Waals surface area contributed by atoms with Gasteiger partial charge in [-0.1, -0.05) is 17.7 Å². The molecule has 0 saturated heterocycles. The van der Waals surface area contributed by atoms with Gasteiger partial charge in [-0.05, 0) is 36.3 Å². The maximum atomic E-state index is 13.9. The van der Waals surface area contributed by atoms with Crippen LogP contribution in [0.4, 0.5) is 23.2 Å². The lowest BCUT2D eigenvalue weighted by atomic mass is 9.79. The number of hydrogen-bond acceptors (Lipinski definition) is 2. The van der Waals surface area contributed by atoms with Crippen molar-refractivity contribution in [2.24, 2.45) is 0 Å². The first kappa shape index (κ1) is 17.8. The molecule has 1 spiro atoms. The van der Waals surface area contributed by atoms with Crippen LogP contribution in [0.5, 0.6) is 0 Å². The Morgan fingerprint density at radius 2 is 2.04 bits per heavy atom. The van der Waals surface area contributed by atoms with Crippen LogP contribution in [0.3, 0.4) is 0 Å². The maximum absolute atomic E-state index is 13.9. The molecule has 146 valence electrons. The van der Waals surface area contributed by atoms with Crippen molar-refractivity contribution in [3.8, 4) is 0 Å². The van der Waals surface area contributed by atoms with Crippen LogP contribution in [0.25, 0.3) is 12.2 Å². The molecule has 0 radical (unpaired) electrons. The van der Waals surface area contributed by atoms with Gasteiger partial charge in [-0.25, -0.2) is 4.39 Å². The molecule has 4 nitrogen and oxygen atoms in total. The largest absolute Gasteiger partial charge is 0.404 e. The first-order chi connectivity index (χ1) is 13.2. The van der Waals surface area contributed by atoms with Gasteiger partial charge in [-0.2, -0.15) is 13.2 Å². The van der Waals surface area contributed by atoms with Crippen LogP contribution in [0.1, 0.15) is 23.2 Å². The van der Waals surface area contributed by atoms with Gasteiger partial charge in [0.25, 0.3) is 5.91 Å². The van der Waals surface area contributed by atoms with E-state index in [2.05, 4.69) is 15.6 Å².